The Morgan fingerprint density at radius 3 is 1.63 bits per heavy atom. The lowest BCUT2D eigenvalue weighted by Gasteiger charge is -2.31. The van der Waals surface area contributed by atoms with E-state index in [1.165, 1.54) is 82.0 Å². The summed E-state index contributed by atoms with van der Waals surface area (Å²) >= 11 is 0. The largest absolute Gasteiger partial charge is 0.300 e. The first-order valence-electron chi connectivity index (χ1n) is 11.1. The molecule has 0 heterocycles. The molecule has 0 amide bonds. The minimum atomic E-state index is 0.753. The second-order valence-corrected chi connectivity index (χ2v) is 7.77. The van der Waals surface area contributed by atoms with Crippen LogP contribution in [-0.2, 0) is 12.8 Å². The zero-order chi connectivity index (χ0) is 19.2. The molecule has 0 fully saturated rings. The van der Waals surface area contributed by atoms with Gasteiger partial charge >= 0.3 is 0 Å². The van der Waals surface area contributed by atoms with E-state index in [9.17, 15) is 0 Å². The molecule has 0 spiro atoms. The van der Waals surface area contributed by atoms with Gasteiger partial charge in [-0.15, -0.1) is 0 Å². The van der Waals surface area contributed by atoms with Gasteiger partial charge in [-0.1, -0.05) is 93.8 Å². The number of unbranched alkanes of at least 4 members (excludes halogenated alkanes) is 2. The molecule has 2 rings (SSSR count). The summed E-state index contributed by atoms with van der Waals surface area (Å²) in [6.45, 7) is 7.14. The number of rotatable bonds is 14. The van der Waals surface area contributed by atoms with E-state index < -0.39 is 0 Å². The average Bonchev–Trinajstić information content (AvgIpc) is 2.72. The van der Waals surface area contributed by atoms with Crippen molar-refractivity contribution in [2.45, 2.75) is 77.7 Å². The Bertz CT molecular complexity index is 532. The fourth-order valence-electron chi connectivity index (χ4n) is 4.01. The maximum atomic E-state index is 2.79. The van der Waals surface area contributed by atoms with Gasteiger partial charge in [-0.2, -0.15) is 0 Å². The molecule has 0 saturated carbocycles. The van der Waals surface area contributed by atoms with E-state index in [-0.39, 0.29) is 0 Å². The van der Waals surface area contributed by atoms with E-state index >= 15 is 0 Å². The minimum Gasteiger partial charge on any atom is -0.300 e. The fraction of sp³-hybridized carbons (Fsp3) is 0.538. The highest BCUT2D eigenvalue weighted by Crippen LogP contribution is 2.16. The van der Waals surface area contributed by atoms with Gasteiger partial charge in [-0.05, 0) is 62.7 Å². The van der Waals surface area contributed by atoms with Gasteiger partial charge in [0, 0.05) is 6.04 Å². The molecule has 27 heavy (non-hydrogen) atoms. The Kier molecular flexibility index (Phi) is 10.9. The molecular formula is C26H39N. The second kappa shape index (κ2) is 13.6. The van der Waals surface area contributed by atoms with Crippen molar-refractivity contribution >= 4 is 0 Å². The van der Waals surface area contributed by atoms with Crippen molar-refractivity contribution in [3.63, 3.8) is 0 Å². The number of benzene rings is 2. The lowest BCUT2D eigenvalue weighted by molar-refractivity contribution is 0.174. The van der Waals surface area contributed by atoms with Crippen molar-refractivity contribution < 1.29 is 0 Å². The lowest BCUT2D eigenvalue weighted by atomic mass is 10.0. The maximum Gasteiger partial charge on any atom is 0.00926 e. The summed E-state index contributed by atoms with van der Waals surface area (Å²) in [7, 11) is 0. The van der Waals surface area contributed by atoms with Crippen LogP contribution in [0.3, 0.4) is 0 Å². The van der Waals surface area contributed by atoms with Crippen LogP contribution in [0.5, 0.6) is 0 Å². The number of nitrogens with zero attached hydrogens (tertiary/aromatic N) is 1. The first kappa shape index (κ1) is 21.7. The second-order valence-electron chi connectivity index (χ2n) is 7.77. The monoisotopic (exact) mass is 365 g/mol. The minimum absolute atomic E-state index is 0.753. The first-order chi connectivity index (χ1) is 13.3. The molecule has 1 atom stereocenters. The molecule has 2 aromatic rings. The molecule has 0 N–H and O–H groups in total. The van der Waals surface area contributed by atoms with Crippen molar-refractivity contribution in [3.8, 4) is 0 Å². The Hall–Kier alpha value is -1.60. The molecule has 0 aliphatic rings. The van der Waals surface area contributed by atoms with Gasteiger partial charge in [0.05, 0.1) is 0 Å². The van der Waals surface area contributed by atoms with Crippen molar-refractivity contribution in [1.82, 2.24) is 4.90 Å². The van der Waals surface area contributed by atoms with Crippen LogP contribution >= 0.6 is 0 Å². The molecule has 1 nitrogen and oxygen atoms in total. The van der Waals surface area contributed by atoms with Crippen LogP contribution in [0.25, 0.3) is 0 Å². The van der Waals surface area contributed by atoms with Crippen LogP contribution < -0.4 is 0 Å². The fourth-order valence-corrected chi connectivity index (χ4v) is 4.01. The Labute approximate surface area is 167 Å². The van der Waals surface area contributed by atoms with E-state index in [0.29, 0.717) is 0 Å². The summed E-state index contributed by atoms with van der Waals surface area (Å²) < 4.78 is 0. The first-order valence-corrected chi connectivity index (χ1v) is 11.1. The van der Waals surface area contributed by atoms with E-state index in [0.717, 1.165) is 6.04 Å². The van der Waals surface area contributed by atoms with Crippen LogP contribution in [-0.4, -0.2) is 24.0 Å². The van der Waals surface area contributed by atoms with E-state index in [2.05, 4.69) is 79.4 Å². The van der Waals surface area contributed by atoms with Crippen molar-refractivity contribution in [3.05, 3.63) is 71.8 Å². The standard InChI is InChI=1S/C26H39N/c1-3-5-8-21-26(4-2)27(22-13-19-24-15-9-6-10-16-24)23-14-20-25-17-11-7-12-18-25/h6-7,9-12,15-18,26H,3-5,8,13-14,19-23H2,1-2H3. The van der Waals surface area contributed by atoms with E-state index in [1.807, 2.05) is 0 Å². The van der Waals surface area contributed by atoms with Gasteiger partial charge in [-0.25, -0.2) is 0 Å². The Balaban J connectivity index is 1.85. The van der Waals surface area contributed by atoms with Crippen LogP contribution in [0.1, 0.15) is 69.9 Å². The molecule has 1 unspecified atom stereocenters. The quantitative estimate of drug-likeness (QED) is 0.329. The third-order valence-corrected chi connectivity index (χ3v) is 5.64. The van der Waals surface area contributed by atoms with E-state index in [4.69, 9.17) is 0 Å². The highest BCUT2D eigenvalue weighted by molar-refractivity contribution is 5.15. The highest BCUT2D eigenvalue weighted by Gasteiger charge is 2.16. The third kappa shape index (κ3) is 8.75. The summed E-state index contributed by atoms with van der Waals surface area (Å²) in [5, 5.41) is 0. The summed E-state index contributed by atoms with van der Waals surface area (Å²) in [5.74, 6) is 0. The SMILES string of the molecule is CCCCCC(CC)N(CCCc1ccccc1)CCCc1ccccc1. The van der Waals surface area contributed by atoms with Gasteiger partial charge in [0.25, 0.3) is 0 Å². The molecule has 0 aliphatic heterocycles. The molecular weight excluding hydrogens is 326 g/mol. The predicted octanol–water partition coefficient (Wildman–Crippen LogP) is 6.91. The van der Waals surface area contributed by atoms with Gasteiger partial charge in [-0.3, -0.25) is 0 Å². The van der Waals surface area contributed by atoms with Crippen LogP contribution in [0.2, 0.25) is 0 Å². The third-order valence-electron chi connectivity index (χ3n) is 5.64. The number of aryl methyl sites for hydroxylation is 2. The topological polar surface area (TPSA) is 3.24 Å². The smallest absolute Gasteiger partial charge is 0.00926 e. The Morgan fingerprint density at radius 1 is 0.667 bits per heavy atom. The van der Waals surface area contributed by atoms with Crippen LogP contribution in [0, 0.1) is 0 Å². The zero-order valence-electron chi connectivity index (χ0n) is 17.6. The maximum absolute atomic E-state index is 2.79. The molecule has 0 aliphatic carbocycles. The zero-order valence-corrected chi connectivity index (χ0v) is 17.6. The predicted molar refractivity (Wildman–Crippen MR) is 119 cm³/mol. The normalized spacial score (nSPS) is 12.4. The Morgan fingerprint density at radius 2 is 1.19 bits per heavy atom. The molecule has 0 radical (unpaired) electrons. The van der Waals surface area contributed by atoms with Gasteiger partial charge < -0.3 is 4.90 Å². The van der Waals surface area contributed by atoms with Gasteiger partial charge in [0.2, 0.25) is 0 Å². The van der Waals surface area contributed by atoms with Crippen LogP contribution in [0.4, 0.5) is 0 Å². The molecule has 2 aromatic carbocycles. The molecule has 0 bridgehead atoms. The van der Waals surface area contributed by atoms with Crippen LogP contribution in [0.15, 0.2) is 60.7 Å². The molecule has 148 valence electrons. The number of hydrogen-bond acceptors (Lipinski definition) is 1. The highest BCUT2D eigenvalue weighted by atomic mass is 15.1. The summed E-state index contributed by atoms with van der Waals surface area (Å²) in [6, 6.07) is 22.7. The number of hydrogen-bond donors (Lipinski definition) is 0. The summed E-state index contributed by atoms with van der Waals surface area (Å²) in [6.07, 6.45) is 11.6. The van der Waals surface area contributed by atoms with Gasteiger partial charge in [0.1, 0.15) is 0 Å². The average molecular weight is 366 g/mol. The summed E-state index contributed by atoms with van der Waals surface area (Å²) in [5.41, 5.74) is 2.95. The molecule has 0 saturated heterocycles. The molecule has 1 heteroatoms. The van der Waals surface area contributed by atoms with Crippen molar-refractivity contribution in [2.75, 3.05) is 13.1 Å². The van der Waals surface area contributed by atoms with E-state index in [1.54, 1.807) is 0 Å². The summed E-state index contributed by atoms with van der Waals surface area (Å²) in [4.78, 5) is 2.79. The van der Waals surface area contributed by atoms with Crippen molar-refractivity contribution in [1.29, 1.82) is 0 Å². The van der Waals surface area contributed by atoms with Crippen molar-refractivity contribution in [2.24, 2.45) is 0 Å². The van der Waals surface area contributed by atoms with Gasteiger partial charge in [0.15, 0.2) is 0 Å². The lowest BCUT2D eigenvalue weighted by Crippen LogP contribution is -2.37. The molecule has 0 aromatic heterocycles.